The molecule has 0 saturated carbocycles. The van der Waals surface area contributed by atoms with Crippen molar-refractivity contribution in [1.29, 1.82) is 0 Å². The first-order valence-corrected chi connectivity index (χ1v) is 13.4. The molecule has 0 aliphatic rings. The molecule has 1 rings (SSSR count). The van der Waals surface area contributed by atoms with Gasteiger partial charge < -0.3 is 4.98 Å². The van der Waals surface area contributed by atoms with E-state index in [0.29, 0.717) is 5.69 Å². The number of allylic oxidation sites excluding steroid dienone is 6. The molecule has 2 heteroatoms. The Bertz CT molecular complexity index is 623. The second-order valence-electron chi connectivity index (χ2n) is 8.99. The molecule has 0 aromatic carbocycles. The first-order valence-electron chi connectivity index (χ1n) is 13.4. The van der Waals surface area contributed by atoms with Crippen molar-refractivity contribution in [3.8, 4) is 0 Å². The first-order chi connectivity index (χ1) is 15.9. The molecule has 1 aromatic rings. The SMILES string of the molecule is CC/C=C\C/C=C\C/C=C\CCCCCCCCCCCCCCCc1ccc(C=O)[nH]1. The molecule has 2 nitrogen and oxygen atoms in total. The number of hydrogen-bond acceptors (Lipinski definition) is 1. The lowest BCUT2D eigenvalue weighted by atomic mass is 10.0. The molecule has 32 heavy (non-hydrogen) atoms. The number of H-pyrrole nitrogens is 1. The normalized spacial score (nSPS) is 12.0. The number of aromatic amines is 1. The van der Waals surface area contributed by atoms with Crippen molar-refractivity contribution in [2.24, 2.45) is 0 Å². The second-order valence-corrected chi connectivity index (χ2v) is 8.99. The van der Waals surface area contributed by atoms with E-state index in [1.165, 1.54) is 95.6 Å². The molecule has 1 aromatic heterocycles. The Morgan fingerprint density at radius 3 is 1.66 bits per heavy atom. The maximum absolute atomic E-state index is 10.7. The highest BCUT2D eigenvalue weighted by Gasteiger charge is 1.98. The Hall–Kier alpha value is -1.83. The summed E-state index contributed by atoms with van der Waals surface area (Å²) in [6, 6.07) is 3.91. The fourth-order valence-corrected chi connectivity index (χ4v) is 4.02. The van der Waals surface area contributed by atoms with Crippen LogP contribution < -0.4 is 0 Å². The van der Waals surface area contributed by atoms with Gasteiger partial charge in [-0.25, -0.2) is 0 Å². The zero-order chi connectivity index (χ0) is 23.0. The van der Waals surface area contributed by atoms with Gasteiger partial charge >= 0.3 is 0 Å². The lowest BCUT2D eigenvalue weighted by Crippen LogP contribution is -1.88. The molecular formula is C30H49NO. The monoisotopic (exact) mass is 439 g/mol. The van der Waals surface area contributed by atoms with Gasteiger partial charge in [-0.3, -0.25) is 4.79 Å². The number of carbonyl (C=O) groups excluding carboxylic acids is 1. The lowest BCUT2D eigenvalue weighted by Gasteiger charge is -2.03. The smallest absolute Gasteiger partial charge is 0.166 e. The van der Waals surface area contributed by atoms with Crippen molar-refractivity contribution in [2.75, 3.05) is 0 Å². The van der Waals surface area contributed by atoms with Crippen molar-refractivity contribution in [1.82, 2.24) is 4.98 Å². The highest BCUT2D eigenvalue weighted by atomic mass is 16.1. The summed E-state index contributed by atoms with van der Waals surface area (Å²) >= 11 is 0. The topological polar surface area (TPSA) is 32.9 Å². The molecule has 0 aliphatic heterocycles. The molecule has 0 atom stereocenters. The van der Waals surface area contributed by atoms with Crippen molar-refractivity contribution >= 4 is 6.29 Å². The Balaban J connectivity index is 1.74. The second kappa shape index (κ2) is 22.4. The summed E-state index contributed by atoms with van der Waals surface area (Å²) in [6.45, 7) is 2.18. The average molecular weight is 440 g/mol. The van der Waals surface area contributed by atoms with Crippen molar-refractivity contribution in [2.45, 2.75) is 122 Å². The highest BCUT2D eigenvalue weighted by Crippen LogP contribution is 2.14. The summed E-state index contributed by atoms with van der Waals surface area (Å²) in [5.74, 6) is 0. The summed E-state index contributed by atoms with van der Waals surface area (Å²) in [4.78, 5) is 13.8. The summed E-state index contributed by atoms with van der Waals surface area (Å²) in [5.41, 5.74) is 1.89. The summed E-state index contributed by atoms with van der Waals surface area (Å²) in [5, 5.41) is 0. The summed E-state index contributed by atoms with van der Waals surface area (Å²) < 4.78 is 0. The Labute approximate surface area is 198 Å². The maximum atomic E-state index is 10.7. The number of aromatic nitrogens is 1. The predicted octanol–water partition coefficient (Wildman–Crippen LogP) is 9.69. The molecule has 0 unspecified atom stereocenters. The molecule has 0 saturated heterocycles. The Morgan fingerprint density at radius 1 is 0.625 bits per heavy atom. The Kier molecular flexibility index (Phi) is 19.7. The molecule has 0 radical (unpaired) electrons. The van der Waals surface area contributed by atoms with Gasteiger partial charge in [-0.05, 0) is 57.1 Å². The minimum atomic E-state index is 0.697. The van der Waals surface area contributed by atoms with Crippen molar-refractivity contribution in [3.05, 3.63) is 60.0 Å². The van der Waals surface area contributed by atoms with Gasteiger partial charge in [0.2, 0.25) is 0 Å². The van der Waals surface area contributed by atoms with E-state index in [0.717, 1.165) is 32.0 Å². The van der Waals surface area contributed by atoms with Crippen LogP contribution in [-0.4, -0.2) is 11.3 Å². The summed E-state index contributed by atoms with van der Waals surface area (Å²) in [7, 11) is 0. The van der Waals surface area contributed by atoms with Gasteiger partial charge in [0.15, 0.2) is 6.29 Å². The van der Waals surface area contributed by atoms with Crippen LogP contribution in [0.1, 0.15) is 132 Å². The van der Waals surface area contributed by atoms with Gasteiger partial charge in [0.05, 0.1) is 5.69 Å². The first kappa shape index (κ1) is 28.2. The van der Waals surface area contributed by atoms with Crippen LogP contribution in [0.15, 0.2) is 48.6 Å². The van der Waals surface area contributed by atoms with Crippen LogP contribution in [0.5, 0.6) is 0 Å². The standard InChI is InChI=1S/C30H49NO/c1-2-3-4-5-6-7-8-9-10-11-12-13-14-15-16-17-18-19-20-21-22-23-24-25-29-26-27-30(28-32)31-29/h3-4,6-7,9-10,26-28,31H,2,5,8,11-25H2,1H3/b4-3-,7-6-,10-9-. The fourth-order valence-electron chi connectivity index (χ4n) is 4.02. The van der Waals surface area contributed by atoms with Gasteiger partial charge in [-0.1, -0.05) is 114 Å². The van der Waals surface area contributed by atoms with Crippen LogP contribution in [0.4, 0.5) is 0 Å². The van der Waals surface area contributed by atoms with Crippen LogP contribution in [0.25, 0.3) is 0 Å². The van der Waals surface area contributed by atoms with Gasteiger partial charge in [0.25, 0.3) is 0 Å². The van der Waals surface area contributed by atoms with E-state index < -0.39 is 0 Å². The van der Waals surface area contributed by atoms with Crippen molar-refractivity contribution < 1.29 is 4.79 Å². The quantitative estimate of drug-likeness (QED) is 0.109. The van der Waals surface area contributed by atoms with Crippen molar-refractivity contribution in [3.63, 3.8) is 0 Å². The number of rotatable bonds is 22. The van der Waals surface area contributed by atoms with Crippen LogP contribution in [0, 0.1) is 0 Å². The fraction of sp³-hybridized carbons (Fsp3) is 0.633. The van der Waals surface area contributed by atoms with Gasteiger partial charge in [-0.15, -0.1) is 0 Å². The van der Waals surface area contributed by atoms with Crippen LogP contribution in [0.2, 0.25) is 0 Å². The maximum Gasteiger partial charge on any atom is 0.166 e. The van der Waals surface area contributed by atoms with E-state index in [1.54, 1.807) is 0 Å². The predicted molar refractivity (Wildman–Crippen MR) is 141 cm³/mol. The Morgan fingerprint density at radius 2 is 1.12 bits per heavy atom. The van der Waals surface area contributed by atoms with E-state index in [9.17, 15) is 4.79 Å². The third kappa shape index (κ3) is 17.8. The van der Waals surface area contributed by atoms with Crippen LogP contribution in [-0.2, 0) is 6.42 Å². The molecule has 180 valence electrons. The van der Waals surface area contributed by atoms with E-state index in [1.807, 2.05) is 12.1 Å². The molecule has 0 bridgehead atoms. The molecule has 0 fully saturated rings. The van der Waals surface area contributed by atoms with E-state index in [-0.39, 0.29) is 0 Å². The third-order valence-electron chi connectivity index (χ3n) is 5.99. The zero-order valence-corrected chi connectivity index (χ0v) is 20.8. The zero-order valence-electron chi connectivity index (χ0n) is 20.8. The summed E-state index contributed by atoms with van der Waals surface area (Å²) in [6.07, 6.45) is 38.0. The number of nitrogens with one attached hydrogen (secondary N) is 1. The average Bonchev–Trinajstić information content (AvgIpc) is 3.27. The molecular weight excluding hydrogens is 390 g/mol. The lowest BCUT2D eigenvalue weighted by molar-refractivity contribution is 0.111. The van der Waals surface area contributed by atoms with E-state index in [2.05, 4.69) is 48.4 Å². The minimum Gasteiger partial charge on any atom is -0.356 e. The number of aldehydes is 1. The number of unbranched alkanes of at least 4 members (excludes halogenated alkanes) is 13. The number of aryl methyl sites for hydroxylation is 1. The molecule has 0 aliphatic carbocycles. The van der Waals surface area contributed by atoms with Crippen LogP contribution in [0.3, 0.4) is 0 Å². The largest absolute Gasteiger partial charge is 0.356 e. The molecule has 1 N–H and O–H groups in total. The van der Waals surface area contributed by atoms with E-state index >= 15 is 0 Å². The van der Waals surface area contributed by atoms with Crippen LogP contribution >= 0.6 is 0 Å². The highest BCUT2D eigenvalue weighted by molar-refractivity contribution is 5.71. The number of carbonyl (C=O) groups is 1. The third-order valence-corrected chi connectivity index (χ3v) is 5.99. The van der Waals surface area contributed by atoms with Gasteiger partial charge in [0.1, 0.15) is 0 Å². The van der Waals surface area contributed by atoms with Gasteiger partial charge in [-0.2, -0.15) is 0 Å². The van der Waals surface area contributed by atoms with Gasteiger partial charge in [0, 0.05) is 5.69 Å². The molecule has 1 heterocycles. The van der Waals surface area contributed by atoms with E-state index in [4.69, 9.17) is 0 Å². The molecule has 0 amide bonds. The number of hydrogen-bond donors (Lipinski definition) is 1. The minimum absolute atomic E-state index is 0.697. The molecule has 0 spiro atoms.